The van der Waals surface area contributed by atoms with Crippen LogP contribution in [0, 0.1) is 0 Å². The maximum Gasteiger partial charge on any atom is 0.405 e. The van der Waals surface area contributed by atoms with Crippen LogP contribution in [0.1, 0.15) is 48.5 Å². The summed E-state index contributed by atoms with van der Waals surface area (Å²) in [5, 5.41) is 0. The molecule has 198 valence electrons. The largest absolute Gasteiger partial charge is 0.405 e. The highest BCUT2D eigenvalue weighted by Gasteiger charge is 2.46. The Bertz CT molecular complexity index is 598. The quantitative estimate of drug-likeness (QED) is 0.308. The van der Waals surface area contributed by atoms with Crippen LogP contribution in [-0.4, -0.2) is 97.8 Å². The predicted molar refractivity (Wildman–Crippen MR) is 119 cm³/mol. The normalized spacial score (nSPS) is 29.2. The summed E-state index contributed by atoms with van der Waals surface area (Å²) in [7, 11) is -2.84. The summed E-state index contributed by atoms with van der Waals surface area (Å²) in [4.78, 5) is 0. The van der Waals surface area contributed by atoms with Crippen molar-refractivity contribution in [2.75, 3.05) is 53.4 Å². The summed E-state index contributed by atoms with van der Waals surface area (Å²) in [6.45, 7) is 13.7. The molecule has 0 N–H and O–H groups in total. The fourth-order valence-electron chi connectivity index (χ4n) is 2.81. The molecule has 1 rings (SSSR count). The Hall–Kier alpha value is -0.410. The van der Waals surface area contributed by atoms with E-state index in [-0.39, 0.29) is 44.2 Å². The molecule has 1 saturated heterocycles. The molecule has 0 radical (unpaired) electrons. The topological polar surface area (TPSA) is 117 Å². The van der Waals surface area contributed by atoms with Gasteiger partial charge in [-0.2, -0.15) is 8.42 Å². The van der Waals surface area contributed by atoms with Crippen molar-refractivity contribution in [1.82, 2.24) is 0 Å². The van der Waals surface area contributed by atoms with Gasteiger partial charge in [-0.05, 0) is 48.5 Å². The summed E-state index contributed by atoms with van der Waals surface area (Å²) < 4.78 is 73.9. The van der Waals surface area contributed by atoms with Gasteiger partial charge in [-0.25, -0.2) is 8.37 Å². The summed E-state index contributed by atoms with van der Waals surface area (Å²) in [6.07, 6.45) is -0.811. The van der Waals surface area contributed by atoms with E-state index in [1.54, 1.807) is 21.0 Å². The van der Waals surface area contributed by atoms with Crippen LogP contribution in [0.4, 0.5) is 0 Å². The molecule has 1 aliphatic rings. The lowest BCUT2D eigenvalue weighted by Gasteiger charge is -2.29. The third-order valence-electron chi connectivity index (χ3n) is 4.53. The van der Waals surface area contributed by atoms with Gasteiger partial charge in [0.25, 0.3) is 0 Å². The smallest absolute Gasteiger partial charge is 0.382 e. The first kappa shape index (κ1) is 30.6. The van der Waals surface area contributed by atoms with E-state index in [4.69, 9.17) is 41.5 Å². The van der Waals surface area contributed by atoms with Crippen LogP contribution in [0.15, 0.2) is 0 Å². The Balaban J connectivity index is 2.58. The van der Waals surface area contributed by atoms with E-state index in [0.29, 0.717) is 26.4 Å². The number of ether oxygens (including phenoxy) is 7. The van der Waals surface area contributed by atoms with Crippen LogP contribution < -0.4 is 0 Å². The molecule has 0 aromatic carbocycles. The van der Waals surface area contributed by atoms with Crippen LogP contribution in [0.3, 0.4) is 0 Å². The second-order valence-corrected chi connectivity index (χ2v) is 9.72. The average Bonchev–Trinajstić information content (AvgIpc) is 2.81. The van der Waals surface area contributed by atoms with Crippen molar-refractivity contribution in [3.8, 4) is 0 Å². The third kappa shape index (κ3) is 12.7. The molecule has 11 nitrogen and oxygen atoms in total. The molecule has 1 heterocycles. The minimum Gasteiger partial charge on any atom is -0.382 e. The van der Waals surface area contributed by atoms with E-state index in [0.717, 1.165) is 0 Å². The van der Waals surface area contributed by atoms with Gasteiger partial charge in [-0.3, -0.25) is 0 Å². The van der Waals surface area contributed by atoms with Crippen molar-refractivity contribution in [3.05, 3.63) is 0 Å². The molecule has 0 bridgehead atoms. The van der Waals surface area contributed by atoms with E-state index >= 15 is 0 Å². The van der Waals surface area contributed by atoms with Gasteiger partial charge in [0.15, 0.2) is 0 Å². The lowest BCUT2D eigenvalue weighted by atomic mass is 10.3. The number of rotatable bonds is 16. The Kier molecular flexibility index (Phi) is 13.2. The molecule has 0 aliphatic carbocycles. The van der Waals surface area contributed by atoms with Crippen LogP contribution in [0.5, 0.6) is 0 Å². The molecule has 1 aliphatic heterocycles. The molecule has 0 saturated carbocycles. The molecule has 1 unspecified atom stereocenters. The molecule has 1 fully saturated rings. The van der Waals surface area contributed by atoms with Crippen molar-refractivity contribution in [2.45, 2.75) is 84.5 Å². The second-order valence-electron chi connectivity index (χ2n) is 8.57. The van der Waals surface area contributed by atoms with E-state index in [1.165, 1.54) is 13.8 Å². The zero-order valence-corrected chi connectivity index (χ0v) is 22.0. The second kappa shape index (κ2) is 14.2. The first-order valence-electron chi connectivity index (χ1n) is 11.2. The van der Waals surface area contributed by atoms with Crippen molar-refractivity contribution in [3.63, 3.8) is 0 Å². The van der Waals surface area contributed by atoms with E-state index < -0.39 is 22.0 Å². The van der Waals surface area contributed by atoms with Gasteiger partial charge in [-0.15, -0.1) is 0 Å². The van der Waals surface area contributed by atoms with E-state index in [9.17, 15) is 8.42 Å². The lowest BCUT2D eigenvalue weighted by molar-refractivity contribution is -0.251. The monoisotopic (exact) mass is 502 g/mol. The third-order valence-corrected chi connectivity index (χ3v) is 5.65. The van der Waals surface area contributed by atoms with Crippen molar-refractivity contribution >= 4 is 10.4 Å². The molecular weight excluding hydrogens is 460 g/mol. The Morgan fingerprint density at radius 2 is 1.36 bits per heavy atom. The summed E-state index contributed by atoms with van der Waals surface area (Å²) in [5.41, 5.74) is 0. The highest BCUT2D eigenvalue weighted by molar-refractivity contribution is 7.81. The number of hydrogen-bond acceptors (Lipinski definition) is 11. The summed E-state index contributed by atoms with van der Waals surface area (Å²) in [6, 6.07) is 0. The molecule has 33 heavy (non-hydrogen) atoms. The van der Waals surface area contributed by atoms with Gasteiger partial charge < -0.3 is 33.2 Å². The number of hydrogen-bond donors (Lipinski definition) is 0. The van der Waals surface area contributed by atoms with E-state index in [1.807, 2.05) is 20.8 Å². The minimum absolute atomic E-state index is 0.0593. The first-order chi connectivity index (χ1) is 15.3. The average molecular weight is 503 g/mol. The fourth-order valence-corrected chi connectivity index (χ4v) is 3.90. The zero-order valence-electron chi connectivity index (χ0n) is 21.2. The SMILES string of the molecule is CCO[C@H](C)COC(C)CO[C@]1(C)CO[C@](C)(CO[C@H](C)CO[C@H](C)COC)OS(=O)(=O)O1. The molecular formula is C21H42O11S. The van der Waals surface area contributed by atoms with Crippen LogP contribution in [0.25, 0.3) is 0 Å². The van der Waals surface area contributed by atoms with Crippen LogP contribution in [-0.2, 0) is 51.9 Å². The number of methoxy groups -OCH3 is 1. The van der Waals surface area contributed by atoms with Crippen molar-refractivity contribution in [2.24, 2.45) is 0 Å². The van der Waals surface area contributed by atoms with Gasteiger partial charge in [0.1, 0.15) is 13.2 Å². The lowest BCUT2D eigenvalue weighted by Crippen LogP contribution is -2.42. The first-order valence-corrected chi connectivity index (χ1v) is 12.5. The molecule has 6 atom stereocenters. The molecule has 0 aromatic heterocycles. The van der Waals surface area contributed by atoms with Gasteiger partial charge in [-0.1, -0.05) is 0 Å². The van der Waals surface area contributed by atoms with Crippen LogP contribution in [0.2, 0.25) is 0 Å². The van der Waals surface area contributed by atoms with Crippen LogP contribution >= 0.6 is 0 Å². The predicted octanol–water partition coefficient (Wildman–Crippen LogP) is 2.03. The van der Waals surface area contributed by atoms with Gasteiger partial charge in [0, 0.05) is 13.7 Å². The summed E-state index contributed by atoms with van der Waals surface area (Å²) >= 11 is 0. The molecule has 0 aromatic rings. The van der Waals surface area contributed by atoms with Crippen molar-refractivity contribution < 1.29 is 49.9 Å². The van der Waals surface area contributed by atoms with Crippen molar-refractivity contribution in [1.29, 1.82) is 0 Å². The zero-order chi connectivity index (χ0) is 25.1. The fraction of sp³-hybridized carbons (Fsp3) is 1.00. The van der Waals surface area contributed by atoms with Gasteiger partial charge in [0.05, 0.1) is 50.8 Å². The molecule has 12 heteroatoms. The maximum atomic E-state index is 12.4. The standard InChI is InChI=1S/C21H42O11S/c1-9-25-17(3)11-27-19(5)13-29-21(7)15-30-20(6,31-33(22,23)32-21)14-28-18(4)12-26-16(2)10-24-8/h16-19H,9-15H2,1-8H3/t16-,17-,18-,19?,20+,21+/m1/s1. The highest BCUT2D eigenvalue weighted by atomic mass is 32.3. The summed E-state index contributed by atoms with van der Waals surface area (Å²) in [5.74, 6) is -3.19. The Labute approximate surface area is 198 Å². The molecule has 0 amide bonds. The minimum atomic E-state index is -4.43. The molecule has 0 spiro atoms. The Morgan fingerprint density at radius 3 is 1.94 bits per heavy atom. The maximum absolute atomic E-state index is 12.4. The van der Waals surface area contributed by atoms with E-state index in [2.05, 4.69) is 0 Å². The highest BCUT2D eigenvalue weighted by Crippen LogP contribution is 2.29. The Morgan fingerprint density at radius 1 is 0.818 bits per heavy atom. The van der Waals surface area contributed by atoms with Gasteiger partial charge >= 0.3 is 10.4 Å². The van der Waals surface area contributed by atoms with Gasteiger partial charge in [0.2, 0.25) is 11.6 Å².